The molecular formula is C8H5F5O3S. The van der Waals surface area contributed by atoms with E-state index in [1.54, 1.807) is 0 Å². The van der Waals surface area contributed by atoms with Crippen LogP contribution < -0.4 is 4.18 Å². The number of rotatable bonds is 3. The van der Waals surface area contributed by atoms with Gasteiger partial charge in [-0.1, -0.05) is 6.07 Å². The molecule has 0 aliphatic heterocycles. The van der Waals surface area contributed by atoms with Gasteiger partial charge in [0.25, 0.3) is 0 Å². The van der Waals surface area contributed by atoms with E-state index in [4.69, 9.17) is 4.55 Å². The molecule has 0 aliphatic rings. The van der Waals surface area contributed by atoms with Crippen molar-refractivity contribution in [3.63, 3.8) is 0 Å². The number of hydrogen-bond acceptors (Lipinski definition) is 2. The van der Waals surface area contributed by atoms with Crippen molar-refractivity contribution in [3.8, 4) is 5.75 Å². The van der Waals surface area contributed by atoms with Crippen molar-refractivity contribution >= 4 is 11.4 Å². The van der Waals surface area contributed by atoms with Gasteiger partial charge in [-0.15, -0.1) is 0 Å². The van der Waals surface area contributed by atoms with Gasteiger partial charge in [-0.2, -0.15) is 21.8 Å². The summed E-state index contributed by atoms with van der Waals surface area (Å²) in [5.41, 5.74) is -0.911. The summed E-state index contributed by atoms with van der Waals surface area (Å²) in [6.07, 6.45) is -6.33. The van der Waals surface area contributed by atoms with Crippen molar-refractivity contribution in [3.05, 3.63) is 29.3 Å². The number of benzene rings is 1. The van der Waals surface area contributed by atoms with Crippen LogP contribution in [0.1, 0.15) is 5.56 Å². The lowest BCUT2D eigenvalue weighted by Gasteiger charge is -2.09. The Labute approximate surface area is 94.7 Å². The van der Waals surface area contributed by atoms with Gasteiger partial charge in [-0.05, 0) is 6.07 Å². The zero-order valence-electron chi connectivity index (χ0n) is 7.92. The van der Waals surface area contributed by atoms with Crippen LogP contribution >= 0.6 is 0 Å². The van der Waals surface area contributed by atoms with Gasteiger partial charge >= 0.3 is 17.5 Å². The highest BCUT2D eigenvalue weighted by molar-refractivity contribution is 7.74. The lowest BCUT2D eigenvalue weighted by atomic mass is 10.1. The molecule has 1 rings (SSSR count). The first kappa shape index (κ1) is 13.8. The molecule has 0 spiro atoms. The molecule has 1 aromatic rings. The standard InChI is InChI=1S/C8H5F5O3S/c9-6-4(3-8(11,12)13)1-2-5(7(6)10)16-17(14)15/h1-2H,3H2,(H,14,15). The van der Waals surface area contributed by atoms with Gasteiger partial charge in [0.15, 0.2) is 11.6 Å². The van der Waals surface area contributed by atoms with E-state index in [2.05, 4.69) is 4.18 Å². The van der Waals surface area contributed by atoms with Gasteiger partial charge in [0.2, 0.25) is 5.82 Å². The molecule has 1 N–H and O–H groups in total. The van der Waals surface area contributed by atoms with E-state index in [1.807, 2.05) is 0 Å². The third kappa shape index (κ3) is 3.93. The fourth-order valence-corrected chi connectivity index (χ4v) is 1.35. The highest BCUT2D eigenvalue weighted by atomic mass is 32.2. The Morgan fingerprint density at radius 1 is 1.24 bits per heavy atom. The van der Waals surface area contributed by atoms with Gasteiger partial charge < -0.3 is 4.18 Å². The Balaban J connectivity index is 3.06. The molecule has 96 valence electrons. The third-order valence-corrected chi connectivity index (χ3v) is 2.00. The van der Waals surface area contributed by atoms with E-state index in [9.17, 15) is 26.2 Å². The van der Waals surface area contributed by atoms with Crippen molar-refractivity contribution < 1.29 is 34.9 Å². The van der Waals surface area contributed by atoms with E-state index in [-0.39, 0.29) is 0 Å². The summed E-state index contributed by atoms with van der Waals surface area (Å²) in [6.45, 7) is 0. The molecule has 0 aliphatic carbocycles. The Bertz CT molecular complexity index is 446. The number of halogens is 5. The minimum atomic E-state index is -4.69. The zero-order chi connectivity index (χ0) is 13.2. The Hall–Kier alpha value is -1.22. The molecule has 0 aromatic heterocycles. The first-order valence-corrected chi connectivity index (χ1v) is 5.06. The van der Waals surface area contributed by atoms with Crippen LogP contribution in [0.15, 0.2) is 12.1 Å². The van der Waals surface area contributed by atoms with Gasteiger partial charge in [-0.3, -0.25) is 4.55 Å². The molecule has 1 aromatic carbocycles. The normalized spacial score (nSPS) is 13.5. The van der Waals surface area contributed by atoms with Crippen molar-refractivity contribution in [2.24, 2.45) is 0 Å². The second kappa shape index (κ2) is 4.96. The molecule has 1 atom stereocenters. The van der Waals surface area contributed by atoms with Crippen molar-refractivity contribution in [2.75, 3.05) is 0 Å². The lowest BCUT2D eigenvalue weighted by molar-refractivity contribution is -0.127. The van der Waals surface area contributed by atoms with E-state index in [0.29, 0.717) is 12.1 Å². The first-order chi connectivity index (χ1) is 7.70. The zero-order valence-corrected chi connectivity index (χ0v) is 8.74. The highest BCUT2D eigenvalue weighted by Gasteiger charge is 2.30. The number of alkyl halides is 3. The Morgan fingerprint density at radius 2 is 1.82 bits per heavy atom. The first-order valence-electron chi connectivity index (χ1n) is 4.03. The molecular weight excluding hydrogens is 271 g/mol. The van der Waals surface area contributed by atoms with Crippen LogP contribution in [0.5, 0.6) is 5.75 Å². The van der Waals surface area contributed by atoms with E-state index in [1.165, 1.54) is 0 Å². The summed E-state index contributed by atoms with van der Waals surface area (Å²) < 4.78 is 84.4. The largest absolute Gasteiger partial charge is 0.393 e. The molecule has 0 amide bonds. The lowest BCUT2D eigenvalue weighted by Crippen LogP contribution is -2.14. The number of hydrogen-bond donors (Lipinski definition) is 1. The van der Waals surface area contributed by atoms with E-state index < -0.39 is 46.9 Å². The van der Waals surface area contributed by atoms with Crippen LogP contribution in [0, 0.1) is 11.6 Å². The molecule has 0 radical (unpaired) electrons. The summed E-state index contributed by atoms with van der Waals surface area (Å²) in [4.78, 5) is 0. The van der Waals surface area contributed by atoms with E-state index in [0.717, 1.165) is 0 Å². The maximum atomic E-state index is 13.1. The second-order valence-electron chi connectivity index (χ2n) is 2.94. The Kier molecular flexibility index (Phi) is 4.04. The summed E-state index contributed by atoms with van der Waals surface area (Å²) in [7, 11) is 0. The summed E-state index contributed by atoms with van der Waals surface area (Å²) in [5.74, 6) is -4.44. The fraction of sp³-hybridized carbons (Fsp3) is 0.250. The average Bonchev–Trinajstić information content (AvgIpc) is 2.15. The van der Waals surface area contributed by atoms with Crippen LogP contribution in [0.3, 0.4) is 0 Å². The third-order valence-electron chi connectivity index (χ3n) is 1.68. The predicted molar refractivity (Wildman–Crippen MR) is 47.5 cm³/mol. The maximum Gasteiger partial charge on any atom is 0.393 e. The smallest absolute Gasteiger partial charge is 0.377 e. The SMILES string of the molecule is O=S(O)Oc1ccc(CC(F)(F)F)c(F)c1F. The molecule has 17 heavy (non-hydrogen) atoms. The van der Waals surface area contributed by atoms with Crippen LogP contribution in [0.2, 0.25) is 0 Å². The second-order valence-corrected chi connectivity index (χ2v) is 3.54. The van der Waals surface area contributed by atoms with Crippen LogP contribution in [-0.2, 0) is 17.8 Å². The predicted octanol–water partition coefficient (Wildman–Crippen LogP) is 2.59. The fourth-order valence-electron chi connectivity index (χ4n) is 1.07. The molecule has 1 unspecified atom stereocenters. The van der Waals surface area contributed by atoms with Crippen molar-refractivity contribution in [2.45, 2.75) is 12.6 Å². The van der Waals surface area contributed by atoms with Gasteiger partial charge in [0.05, 0.1) is 6.42 Å². The monoisotopic (exact) mass is 276 g/mol. The molecule has 0 fully saturated rings. The topological polar surface area (TPSA) is 46.5 Å². The quantitative estimate of drug-likeness (QED) is 0.681. The van der Waals surface area contributed by atoms with Crippen LogP contribution in [0.4, 0.5) is 22.0 Å². The highest BCUT2D eigenvalue weighted by Crippen LogP contribution is 2.28. The maximum absolute atomic E-state index is 13.1. The average molecular weight is 276 g/mol. The molecule has 9 heteroatoms. The minimum absolute atomic E-state index is 0.633. The van der Waals surface area contributed by atoms with Gasteiger partial charge in [0, 0.05) is 5.56 Å². The molecule has 0 heterocycles. The van der Waals surface area contributed by atoms with Crippen molar-refractivity contribution in [1.29, 1.82) is 0 Å². The van der Waals surface area contributed by atoms with Crippen LogP contribution in [0.25, 0.3) is 0 Å². The summed E-state index contributed by atoms with van der Waals surface area (Å²) in [6, 6.07) is 1.28. The van der Waals surface area contributed by atoms with Gasteiger partial charge in [0.1, 0.15) is 0 Å². The van der Waals surface area contributed by atoms with Gasteiger partial charge in [-0.25, -0.2) is 4.39 Å². The molecule has 0 saturated carbocycles. The Morgan fingerprint density at radius 3 is 2.29 bits per heavy atom. The summed E-state index contributed by atoms with van der Waals surface area (Å²) in [5, 5.41) is 0. The molecule has 0 saturated heterocycles. The summed E-state index contributed by atoms with van der Waals surface area (Å²) >= 11 is -2.89. The minimum Gasteiger partial charge on any atom is -0.377 e. The van der Waals surface area contributed by atoms with Crippen molar-refractivity contribution in [1.82, 2.24) is 0 Å². The van der Waals surface area contributed by atoms with E-state index >= 15 is 0 Å². The molecule has 0 bridgehead atoms. The van der Waals surface area contributed by atoms with Crippen LogP contribution in [-0.4, -0.2) is 14.9 Å². The molecule has 3 nitrogen and oxygen atoms in total.